The highest BCUT2D eigenvalue weighted by atomic mass is 19.3. The molecule has 1 amide bonds. The van der Waals surface area contributed by atoms with Gasteiger partial charge in [0.2, 0.25) is 0 Å². The highest BCUT2D eigenvalue weighted by Crippen LogP contribution is 2.32. The van der Waals surface area contributed by atoms with Crippen molar-refractivity contribution in [2.24, 2.45) is 5.16 Å². The first-order valence-corrected chi connectivity index (χ1v) is 8.61. The molecule has 0 spiro atoms. The molecule has 0 bridgehead atoms. The number of nitrogens with one attached hydrogen (secondary N) is 2. The smallest absolute Gasteiger partial charge is 0.279 e. The number of hydrogen-bond donors (Lipinski definition) is 4. The number of amides is 1. The Bertz CT molecular complexity index is 868. The number of alkyl halides is 2. The molecule has 5 N–H and O–H groups in total. The van der Waals surface area contributed by atoms with Crippen molar-refractivity contribution in [1.82, 2.24) is 0 Å². The van der Waals surface area contributed by atoms with Crippen LogP contribution in [-0.4, -0.2) is 29.6 Å². The Kier molecular flexibility index (Phi) is 8.72. The van der Waals surface area contributed by atoms with Crippen LogP contribution in [-0.2, 0) is 10.7 Å². The number of nitrogen functional groups attached to an aromatic ring is 1. The van der Waals surface area contributed by atoms with Gasteiger partial charge < -0.3 is 26.4 Å². The molecule has 0 heterocycles. The van der Waals surface area contributed by atoms with E-state index in [0.29, 0.717) is 0 Å². The lowest BCUT2D eigenvalue weighted by Gasteiger charge is -2.15. The Morgan fingerprint density at radius 3 is 2.38 bits per heavy atom. The Labute approximate surface area is 167 Å². The third-order valence-electron chi connectivity index (χ3n) is 3.77. The summed E-state index contributed by atoms with van der Waals surface area (Å²) in [7, 11) is 1.63. The molecule has 0 aliphatic carbocycles. The molecule has 0 saturated carbocycles. The van der Waals surface area contributed by atoms with Crippen LogP contribution in [0, 0.1) is 5.41 Å². The van der Waals surface area contributed by atoms with Crippen molar-refractivity contribution >= 4 is 28.7 Å². The summed E-state index contributed by atoms with van der Waals surface area (Å²) >= 11 is 0. The van der Waals surface area contributed by atoms with Crippen molar-refractivity contribution in [3.8, 4) is 5.75 Å². The van der Waals surface area contributed by atoms with E-state index in [1.165, 1.54) is 32.0 Å². The summed E-state index contributed by atoms with van der Waals surface area (Å²) in [6.07, 6.45) is -0.354. The lowest BCUT2D eigenvalue weighted by Crippen LogP contribution is -2.28. The fourth-order valence-corrected chi connectivity index (χ4v) is 2.11. The number of ether oxygens (including phenoxy) is 1. The normalized spacial score (nSPS) is 11.1. The number of nitrogens with zero attached hydrogens (tertiary/aromatic N) is 1. The highest BCUT2D eigenvalue weighted by Gasteiger charge is 2.29. The predicted octanol–water partition coefficient (Wildman–Crippen LogP) is 4.27. The molecule has 156 valence electrons. The molecule has 0 aliphatic heterocycles. The Balaban J connectivity index is 0.000000387. The molecule has 0 aromatic heterocycles. The summed E-state index contributed by atoms with van der Waals surface area (Å²) < 4.78 is 32.0. The van der Waals surface area contributed by atoms with Crippen LogP contribution in [0.15, 0.2) is 53.7 Å². The van der Waals surface area contributed by atoms with Gasteiger partial charge in [0.25, 0.3) is 11.8 Å². The van der Waals surface area contributed by atoms with Crippen LogP contribution in [0.3, 0.4) is 0 Å². The van der Waals surface area contributed by atoms with E-state index in [2.05, 4.69) is 10.5 Å². The number of halogens is 2. The van der Waals surface area contributed by atoms with E-state index in [1.54, 1.807) is 19.2 Å². The van der Waals surface area contributed by atoms with Crippen molar-refractivity contribution in [2.45, 2.75) is 26.2 Å². The van der Waals surface area contributed by atoms with Gasteiger partial charge in [-0.2, -0.15) is 0 Å². The molecule has 0 radical (unpaired) electrons. The largest absolute Gasteiger partial charge is 0.497 e. The van der Waals surface area contributed by atoms with Crippen LogP contribution in [0.2, 0.25) is 0 Å². The molecule has 7 nitrogen and oxygen atoms in total. The molecule has 2 aromatic carbocycles. The monoisotopic (exact) mass is 406 g/mol. The molecule has 29 heavy (non-hydrogen) atoms. The van der Waals surface area contributed by atoms with Crippen LogP contribution in [0.4, 0.5) is 20.2 Å². The van der Waals surface area contributed by atoms with Crippen LogP contribution < -0.4 is 15.8 Å². The number of oxime groups is 1. The maximum Gasteiger partial charge on any atom is 0.279 e. The lowest BCUT2D eigenvalue weighted by atomic mass is 10.1. The van der Waals surface area contributed by atoms with E-state index in [1.807, 2.05) is 12.1 Å². The zero-order chi connectivity index (χ0) is 22.0. The standard InChI is InChI=1S/C13H15F2N3O2.C7H9NO/c1-3-13(14,15)9-5-4-6-10(7-9)17-12(19)11(18-20)8(2)16;1-9-7-4-2-6(8)3-5-7/h4-7,16,20H,3H2,1-2H3,(H,17,19);2-5H,8H2,1H3/b16-8?,18-11-;. The number of nitrogens with two attached hydrogens (primary N) is 1. The third-order valence-corrected chi connectivity index (χ3v) is 3.77. The van der Waals surface area contributed by atoms with E-state index in [9.17, 15) is 13.6 Å². The molecule has 0 atom stereocenters. The van der Waals surface area contributed by atoms with E-state index >= 15 is 0 Å². The molecular formula is C20H24F2N4O3. The molecule has 0 saturated heterocycles. The van der Waals surface area contributed by atoms with E-state index in [-0.39, 0.29) is 23.4 Å². The van der Waals surface area contributed by atoms with Crippen LogP contribution in [0.25, 0.3) is 0 Å². The van der Waals surface area contributed by atoms with Gasteiger partial charge >= 0.3 is 0 Å². The first-order chi connectivity index (χ1) is 13.6. The number of carbonyl (C=O) groups excluding carboxylic acids is 1. The van der Waals surface area contributed by atoms with Gasteiger partial charge in [0.1, 0.15) is 5.75 Å². The zero-order valence-corrected chi connectivity index (χ0v) is 16.4. The topological polar surface area (TPSA) is 121 Å². The second-order valence-corrected chi connectivity index (χ2v) is 5.94. The third kappa shape index (κ3) is 7.21. The van der Waals surface area contributed by atoms with Gasteiger partial charge in [-0.25, -0.2) is 8.78 Å². The average Bonchev–Trinajstić information content (AvgIpc) is 2.69. The summed E-state index contributed by atoms with van der Waals surface area (Å²) in [6, 6.07) is 12.5. The maximum absolute atomic E-state index is 13.5. The number of carbonyl (C=O) groups is 1. The molecular weight excluding hydrogens is 382 g/mol. The van der Waals surface area contributed by atoms with Gasteiger partial charge in [0.15, 0.2) is 5.71 Å². The van der Waals surface area contributed by atoms with Gasteiger partial charge in [-0.05, 0) is 43.3 Å². The number of hydrogen-bond acceptors (Lipinski definition) is 6. The van der Waals surface area contributed by atoms with E-state index in [0.717, 1.165) is 17.5 Å². The van der Waals surface area contributed by atoms with Crippen molar-refractivity contribution in [2.75, 3.05) is 18.2 Å². The molecule has 2 aromatic rings. The highest BCUT2D eigenvalue weighted by molar-refractivity contribution is 6.67. The Hall–Kier alpha value is -3.49. The maximum atomic E-state index is 13.5. The van der Waals surface area contributed by atoms with Crippen molar-refractivity contribution in [3.63, 3.8) is 0 Å². The summed E-state index contributed by atoms with van der Waals surface area (Å²) in [5.41, 5.74) is 5.40. The summed E-state index contributed by atoms with van der Waals surface area (Å²) in [4.78, 5) is 11.7. The SMILES string of the molecule is CCC(F)(F)c1cccc(NC(=O)/C(=N\O)C(C)=N)c1.COc1ccc(N)cc1. The Morgan fingerprint density at radius 2 is 1.90 bits per heavy atom. The van der Waals surface area contributed by atoms with Gasteiger partial charge in [-0.1, -0.05) is 24.2 Å². The quantitative estimate of drug-likeness (QED) is 0.248. The summed E-state index contributed by atoms with van der Waals surface area (Å²) in [5, 5.41) is 20.9. The van der Waals surface area contributed by atoms with Gasteiger partial charge in [0.05, 0.1) is 12.8 Å². The van der Waals surface area contributed by atoms with Gasteiger partial charge in [0, 0.05) is 23.4 Å². The Morgan fingerprint density at radius 1 is 1.28 bits per heavy atom. The number of rotatable bonds is 6. The fourth-order valence-electron chi connectivity index (χ4n) is 2.11. The minimum Gasteiger partial charge on any atom is -0.497 e. The van der Waals surface area contributed by atoms with Crippen LogP contribution in [0.1, 0.15) is 25.8 Å². The van der Waals surface area contributed by atoms with Gasteiger partial charge in [-0.15, -0.1) is 0 Å². The lowest BCUT2D eigenvalue weighted by molar-refractivity contribution is -0.110. The van der Waals surface area contributed by atoms with Gasteiger partial charge in [-0.3, -0.25) is 4.79 Å². The minimum atomic E-state index is -2.98. The van der Waals surface area contributed by atoms with E-state index < -0.39 is 17.5 Å². The number of anilines is 2. The van der Waals surface area contributed by atoms with Crippen molar-refractivity contribution in [1.29, 1.82) is 5.41 Å². The summed E-state index contributed by atoms with van der Waals surface area (Å²) in [6.45, 7) is 2.64. The second kappa shape index (κ2) is 10.7. The van der Waals surface area contributed by atoms with Crippen molar-refractivity contribution < 1.29 is 23.5 Å². The summed E-state index contributed by atoms with van der Waals surface area (Å²) in [5.74, 6) is -2.98. The first kappa shape index (κ1) is 23.5. The van der Waals surface area contributed by atoms with Crippen LogP contribution >= 0.6 is 0 Å². The number of benzene rings is 2. The first-order valence-electron chi connectivity index (χ1n) is 8.61. The predicted molar refractivity (Wildman–Crippen MR) is 109 cm³/mol. The fraction of sp³-hybridized carbons (Fsp3) is 0.250. The molecule has 0 fully saturated rings. The average molecular weight is 406 g/mol. The molecule has 9 heteroatoms. The minimum absolute atomic E-state index is 0.142. The second-order valence-electron chi connectivity index (χ2n) is 5.94. The molecule has 0 aliphatic rings. The van der Waals surface area contributed by atoms with Crippen LogP contribution in [0.5, 0.6) is 5.75 Å². The zero-order valence-electron chi connectivity index (χ0n) is 16.4. The van der Waals surface area contributed by atoms with E-state index in [4.69, 9.17) is 21.1 Å². The number of methoxy groups -OCH3 is 1. The van der Waals surface area contributed by atoms with Crippen molar-refractivity contribution in [3.05, 3.63) is 54.1 Å². The molecule has 0 unspecified atom stereocenters. The molecule has 2 rings (SSSR count).